The molecule has 1 heterocycles. The zero-order chi connectivity index (χ0) is 20.3. The van der Waals surface area contributed by atoms with Gasteiger partial charge in [-0.05, 0) is 36.4 Å². The van der Waals surface area contributed by atoms with Crippen LogP contribution in [0.25, 0.3) is 5.69 Å². The lowest BCUT2D eigenvalue weighted by atomic mass is 10.2. The third-order valence-electron chi connectivity index (χ3n) is 4.13. The van der Waals surface area contributed by atoms with Gasteiger partial charge in [0.2, 0.25) is 0 Å². The Morgan fingerprint density at radius 3 is 2.61 bits per heavy atom. The molecule has 0 N–H and O–H groups in total. The maximum Gasteiger partial charge on any atom is 0.274 e. The van der Waals surface area contributed by atoms with E-state index >= 15 is 0 Å². The van der Waals surface area contributed by atoms with Crippen molar-refractivity contribution in [2.24, 2.45) is 0 Å². The average molecular weight is 401 g/mol. The monoisotopic (exact) mass is 400 g/mol. The Bertz CT molecular complexity index is 1020. The summed E-state index contributed by atoms with van der Waals surface area (Å²) >= 11 is 6.04. The fourth-order valence-electron chi connectivity index (χ4n) is 2.70. The van der Waals surface area contributed by atoms with Gasteiger partial charge in [-0.1, -0.05) is 11.6 Å². The van der Waals surface area contributed by atoms with Crippen LogP contribution in [0.2, 0.25) is 5.02 Å². The third kappa shape index (κ3) is 4.12. The van der Waals surface area contributed by atoms with Crippen molar-refractivity contribution in [1.29, 1.82) is 0 Å². The largest absolute Gasteiger partial charge is 0.496 e. The Morgan fingerprint density at radius 1 is 1.25 bits per heavy atom. The van der Waals surface area contributed by atoms with Gasteiger partial charge < -0.3 is 9.64 Å². The lowest BCUT2D eigenvalue weighted by Crippen LogP contribution is -2.27. The standard InChI is InChI=1S/C19H17ClN4O4/c1-22(12-13-11-14(20)3-8-18(13)28-2)19(25)17-9-10-23(21-17)15-4-6-16(7-5-15)24(26)27/h3-11H,12H2,1-2H3. The summed E-state index contributed by atoms with van der Waals surface area (Å²) in [4.78, 5) is 24.5. The van der Waals surface area contributed by atoms with Gasteiger partial charge in [-0.15, -0.1) is 0 Å². The molecule has 2 aromatic carbocycles. The number of hydrogen-bond acceptors (Lipinski definition) is 5. The minimum Gasteiger partial charge on any atom is -0.496 e. The molecule has 0 fully saturated rings. The first-order chi connectivity index (χ1) is 13.4. The fraction of sp³-hybridized carbons (Fsp3) is 0.158. The predicted molar refractivity (Wildman–Crippen MR) is 104 cm³/mol. The molecule has 0 aliphatic heterocycles. The molecule has 8 nitrogen and oxygen atoms in total. The van der Waals surface area contributed by atoms with Gasteiger partial charge in [0.15, 0.2) is 5.69 Å². The Hall–Kier alpha value is -3.39. The first kappa shape index (κ1) is 19.4. The molecule has 9 heteroatoms. The fourth-order valence-corrected chi connectivity index (χ4v) is 2.90. The van der Waals surface area contributed by atoms with Crippen molar-refractivity contribution in [2.75, 3.05) is 14.2 Å². The summed E-state index contributed by atoms with van der Waals surface area (Å²) in [5.41, 5.74) is 1.63. The van der Waals surface area contributed by atoms with Gasteiger partial charge in [-0.25, -0.2) is 4.68 Å². The number of methoxy groups -OCH3 is 1. The van der Waals surface area contributed by atoms with Crippen molar-refractivity contribution in [3.63, 3.8) is 0 Å². The molecular formula is C19H17ClN4O4. The Kier molecular flexibility index (Phi) is 5.60. The molecule has 0 saturated carbocycles. The van der Waals surface area contributed by atoms with E-state index in [2.05, 4.69) is 5.10 Å². The van der Waals surface area contributed by atoms with Crippen molar-refractivity contribution in [3.05, 3.63) is 81.1 Å². The number of carbonyl (C=O) groups excluding carboxylic acids is 1. The second kappa shape index (κ2) is 8.10. The third-order valence-corrected chi connectivity index (χ3v) is 4.37. The van der Waals surface area contributed by atoms with E-state index in [0.29, 0.717) is 23.0 Å². The van der Waals surface area contributed by atoms with Gasteiger partial charge in [0.05, 0.1) is 17.7 Å². The number of hydrogen-bond donors (Lipinski definition) is 0. The van der Waals surface area contributed by atoms with Crippen molar-refractivity contribution in [1.82, 2.24) is 14.7 Å². The molecule has 0 atom stereocenters. The highest BCUT2D eigenvalue weighted by atomic mass is 35.5. The second-order valence-electron chi connectivity index (χ2n) is 6.04. The van der Waals surface area contributed by atoms with Crippen LogP contribution in [0.15, 0.2) is 54.7 Å². The SMILES string of the molecule is COc1ccc(Cl)cc1CN(C)C(=O)c1ccn(-c2ccc([N+](=O)[O-])cc2)n1. The zero-order valence-corrected chi connectivity index (χ0v) is 16.0. The van der Waals surface area contributed by atoms with Crippen molar-refractivity contribution >= 4 is 23.2 Å². The van der Waals surface area contributed by atoms with Crippen LogP contribution < -0.4 is 4.74 Å². The van der Waals surface area contributed by atoms with E-state index in [1.165, 1.54) is 21.7 Å². The van der Waals surface area contributed by atoms with Crippen LogP contribution in [-0.4, -0.2) is 39.7 Å². The minimum atomic E-state index is -0.471. The molecule has 0 aliphatic carbocycles. The highest BCUT2D eigenvalue weighted by Crippen LogP contribution is 2.24. The summed E-state index contributed by atoms with van der Waals surface area (Å²) in [7, 11) is 3.22. The molecular weight excluding hydrogens is 384 g/mol. The molecule has 0 bridgehead atoms. The number of rotatable bonds is 6. The molecule has 0 aliphatic rings. The first-order valence-electron chi connectivity index (χ1n) is 8.27. The molecule has 144 valence electrons. The number of nitrogens with zero attached hydrogens (tertiary/aromatic N) is 4. The normalized spacial score (nSPS) is 10.5. The highest BCUT2D eigenvalue weighted by molar-refractivity contribution is 6.30. The van der Waals surface area contributed by atoms with Gasteiger partial charge in [-0.3, -0.25) is 14.9 Å². The van der Waals surface area contributed by atoms with E-state index in [-0.39, 0.29) is 17.3 Å². The average Bonchev–Trinajstić information content (AvgIpc) is 3.17. The molecule has 0 saturated heterocycles. The number of non-ortho nitro benzene ring substituents is 1. The van der Waals surface area contributed by atoms with Crippen LogP contribution >= 0.6 is 11.6 Å². The van der Waals surface area contributed by atoms with Crippen LogP contribution in [0.4, 0.5) is 5.69 Å². The number of aromatic nitrogens is 2. The van der Waals surface area contributed by atoms with Crippen molar-refractivity contribution in [2.45, 2.75) is 6.54 Å². The molecule has 0 unspecified atom stereocenters. The smallest absolute Gasteiger partial charge is 0.274 e. The first-order valence-corrected chi connectivity index (χ1v) is 8.65. The maximum absolute atomic E-state index is 12.7. The second-order valence-corrected chi connectivity index (χ2v) is 6.47. The van der Waals surface area contributed by atoms with Crippen LogP contribution in [0.1, 0.15) is 16.1 Å². The lowest BCUT2D eigenvalue weighted by Gasteiger charge is -2.18. The van der Waals surface area contributed by atoms with Crippen LogP contribution in [0.3, 0.4) is 0 Å². The minimum absolute atomic E-state index is 0.0117. The van der Waals surface area contributed by atoms with E-state index < -0.39 is 4.92 Å². The quantitative estimate of drug-likeness (QED) is 0.464. The van der Waals surface area contributed by atoms with Crippen LogP contribution in [0.5, 0.6) is 5.75 Å². The summed E-state index contributed by atoms with van der Waals surface area (Å²) in [5.74, 6) is 0.364. The maximum atomic E-state index is 12.7. The summed E-state index contributed by atoms with van der Waals surface area (Å²) in [6.07, 6.45) is 1.63. The predicted octanol–water partition coefficient (Wildman–Crippen LogP) is 3.71. The topological polar surface area (TPSA) is 90.5 Å². The number of nitro benzene ring substituents is 1. The van der Waals surface area contributed by atoms with E-state index in [1.807, 2.05) is 0 Å². The molecule has 28 heavy (non-hydrogen) atoms. The molecule has 1 amide bonds. The van der Waals surface area contributed by atoms with Gasteiger partial charge in [0.25, 0.3) is 11.6 Å². The van der Waals surface area contributed by atoms with E-state index in [0.717, 1.165) is 5.56 Å². The summed E-state index contributed by atoms with van der Waals surface area (Å²) in [5, 5.41) is 15.6. The molecule has 0 radical (unpaired) electrons. The van der Waals surface area contributed by atoms with Crippen molar-refractivity contribution < 1.29 is 14.5 Å². The lowest BCUT2D eigenvalue weighted by molar-refractivity contribution is -0.384. The number of carbonyl (C=O) groups is 1. The number of amides is 1. The summed E-state index contributed by atoms with van der Waals surface area (Å²) in [6, 6.07) is 12.7. The summed E-state index contributed by atoms with van der Waals surface area (Å²) < 4.78 is 6.80. The Labute approximate surface area is 166 Å². The number of nitro groups is 1. The van der Waals surface area contributed by atoms with E-state index in [9.17, 15) is 14.9 Å². The Balaban J connectivity index is 1.76. The van der Waals surface area contributed by atoms with Gasteiger partial charge in [-0.2, -0.15) is 5.10 Å². The van der Waals surface area contributed by atoms with Crippen LogP contribution in [0, 0.1) is 10.1 Å². The van der Waals surface area contributed by atoms with Crippen molar-refractivity contribution in [3.8, 4) is 11.4 Å². The van der Waals surface area contributed by atoms with Gasteiger partial charge in [0.1, 0.15) is 5.75 Å². The molecule has 3 aromatic rings. The van der Waals surface area contributed by atoms with Gasteiger partial charge >= 0.3 is 0 Å². The molecule has 3 rings (SSSR count). The number of halogens is 1. The van der Waals surface area contributed by atoms with E-state index in [4.69, 9.17) is 16.3 Å². The Morgan fingerprint density at radius 2 is 1.96 bits per heavy atom. The van der Waals surface area contributed by atoms with E-state index in [1.54, 1.807) is 56.8 Å². The van der Waals surface area contributed by atoms with Gasteiger partial charge in [0, 0.05) is 42.5 Å². The highest BCUT2D eigenvalue weighted by Gasteiger charge is 2.17. The number of benzene rings is 2. The van der Waals surface area contributed by atoms with Crippen LogP contribution in [-0.2, 0) is 6.54 Å². The zero-order valence-electron chi connectivity index (χ0n) is 15.2. The summed E-state index contributed by atoms with van der Waals surface area (Å²) in [6.45, 7) is 0.299. The molecule has 0 spiro atoms. The number of ether oxygens (including phenoxy) is 1. The molecule has 1 aromatic heterocycles.